The first-order valence-corrected chi connectivity index (χ1v) is 8.95. The molecular weight excluding hydrogens is 425 g/mol. The Morgan fingerprint density at radius 1 is 0.720 bits per heavy atom. The average Bonchev–Trinajstić information content (AvgIpc) is 2.67. The van der Waals surface area contributed by atoms with Crippen molar-refractivity contribution in [2.45, 2.75) is 0 Å². The predicted octanol–water partition coefficient (Wildman–Crippen LogP) is 5.87. The molecular formula is C21H14INO2. The standard InChI is InChI=1S/C21H14INO2/c22-19-20(17-13-7-8-14-18(17)25-21(19)24)23(15-9-3-1-4-10-15)16-11-5-2-6-12-16/h1-14H. The maximum Gasteiger partial charge on any atom is 0.351 e. The smallest absolute Gasteiger partial charge is 0.351 e. The number of para-hydroxylation sites is 3. The number of nitrogens with zero attached hydrogens (tertiary/aromatic N) is 1. The summed E-state index contributed by atoms with van der Waals surface area (Å²) < 4.78 is 6.02. The number of hydrogen-bond donors (Lipinski definition) is 0. The van der Waals surface area contributed by atoms with Crippen molar-refractivity contribution in [1.82, 2.24) is 0 Å². The summed E-state index contributed by atoms with van der Waals surface area (Å²) in [5, 5.41) is 0.902. The molecule has 0 saturated heterocycles. The largest absolute Gasteiger partial charge is 0.422 e. The maximum absolute atomic E-state index is 12.4. The Balaban J connectivity index is 2.09. The number of anilines is 3. The predicted molar refractivity (Wildman–Crippen MR) is 110 cm³/mol. The van der Waals surface area contributed by atoms with E-state index in [1.165, 1.54) is 0 Å². The molecule has 3 nitrogen and oxygen atoms in total. The topological polar surface area (TPSA) is 33.5 Å². The summed E-state index contributed by atoms with van der Waals surface area (Å²) in [5.74, 6) is 0. The van der Waals surface area contributed by atoms with Crippen LogP contribution in [0.4, 0.5) is 17.1 Å². The van der Waals surface area contributed by atoms with Crippen LogP contribution < -0.4 is 10.5 Å². The summed E-state index contributed by atoms with van der Waals surface area (Å²) in [6.07, 6.45) is 0. The molecule has 0 aliphatic heterocycles. The number of benzene rings is 3. The van der Waals surface area contributed by atoms with Crippen molar-refractivity contribution in [1.29, 1.82) is 0 Å². The third kappa shape index (κ3) is 2.93. The molecule has 25 heavy (non-hydrogen) atoms. The van der Waals surface area contributed by atoms with Crippen molar-refractivity contribution in [3.63, 3.8) is 0 Å². The van der Waals surface area contributed by atoms with Crippen molar-refractivity contribution >= 4 is 50.6 Å². The van der Waals surface area contributed by atoms with Crippen LogP contribution in [0.25, 0.3) is 11.0 Å². The summed E-state index contributed by atoms with van der Waals surface area (Å²) >= 11 is 2.07. The van der Waals surface area contributed by atoms with Gasteiger partial charge in [-0.1, -0.05) is 48.5 Å². The molecule has 0 bridgehead atoms. The molecule has 0 amide bonds. The van der Waals surface area contributed by atoms with Gasteiger partial charge in [-0.25, -0.2) is 4.79 Å². The lowest BCUT2D eigenvalue weighted by molar-refractivity contribution is 0.556. The minimum Gasteiger partial charge on any atom is -0.422 e. The van der Waals surface area contributed by atoms with Gasteiger partial charge in [0.1, 0.15) is 9.15 Å². The van der Waals surface area contributed by atoms with E-state index in [9.17, 15) is 4.79 Å². The first kappa shape index (κ1) is 15.9. The zero-order valence-corrected chi connectivity index (χ0v) is 15.4. The molecule has 122 valence electrons. The van der Waals surface area contributed by atoms with Crippen LogP contribution in [-0.2, 0) is 0 Å². The van der Waals surface area contributed by atoms with E-state index in [1.807, 2.05) is 84.9 Å². The highest BCUT2D eigenvalue weighted by atomic mass is 127. The highest BCUT2D eigenvalue weighted by molar-refractivity contribution is 14.1. The fourth-order valence-electron chi connectivity index (χ4n) is 2.89. The lowest BCUT2D eigenvalue weighted by Crippen LogP contribution is -2.16. The summed E-state index contributed by atoms with van der Waals surface area (Å²) in [5.41, 5.74) is 3.07. The molecule has 0 saturated carbocycles. The summed E-state index contributed by atoms with van der Waals surface area (Å²) in [4.78, 5) is 14.5. The second-order valence-electron chi connectivity index (χ2n) is 5.55. The van der Waals surface area contributed by atoms with E-state index in [4.69, 9.17) is 4.42 Å². The molecule has 4 heteroatoms. The van der Waals surface area contributed by atoms with Gasteiger partial charge in [0.15, 0.2) is 0 Å². The SMILES string of the molecule is O=c1oc2ccccc2c(N(c2ccccc2)c2ccccc2)c1I. The van der Waals surface area contributed by atoms with Gasteiger partial charge >= 0.3 is 5.63 Å². The van der Waals surface area contributed by atoms with Gasteiger partial charge in [-0.3, -0.25) is 0 Å². The minimum absolute atomic E-state index is 0.328. The highest BCUT2D eigenvalue weighted by Crippen LogP contribution is 2.40. The molecule has 1 aromatic heterocycles. The zero-order chi connectivity index (χ0) is 17.2. The monoisotopic (exact) mass is 439 g/mol. The van der Waals surface area contributed by atoms with Crippen LogP contribution in [0.1, 0.15) is 0 Å². The van der Waals surface area contributed by atoms with Crippen molar-refractivity contribution in [3.05, 3.63) is 98.9 Å². The Morgan fingerprint density at radius 2 is 1.24 bits per heavy atom. The molecule has 0 aliphatic rings. The zero-order valence-electron chi connectivity index (χ0n) is 13.2. The quantitative estimate of drug-likeness (QED) is 0.296. The molecule has 0 N–H and O–H groups in total. The molecule has 4 rings (SSSR count). The Morgan fingerprint density at radius 3 is 1.84 bits per heavy atom. The van der Waals surface area contributed by atoms with E-state index in [-0.39, 0.29) is 5.63 Å². The fourth-order valence-corrected chi connectivity index (χ4v) is 3.53. The van der Waals surface area contributed by atoms with Crippen LogP contribution in [-0.4, -0.2) is 0 Å². The normalized spacial score (nSPS) is 10.8. The molecule has 0 aliphatic carbocycles. The summed E-state index contributed by atoms with van der Waals surface area (Å²) in [7, 11) is 0. The lowest BCUT2D eigenvalue weighted by atomic mass is 10.1. The third-order valence-corrected chi connectivity index (χ3v) is 4.94. The molecule has 0 radical (unpaired) electrons. The Labute approximate surface area is 158 Å². The van der Waals surface area contributed by atoms with Crippen molar-refractivity contribution in [2.24, 2.45) is 0 Å². The second kappa shape index (κ2) is 6.72. The van der Waals surface area contributed by atoms with E-state index in [0.717, 1.165) is 22.4 Å². The number of fused-ring (bicyclic) bond motifs is 1. The number of hydrogen-bond acceptors (Lipinski definition) is 3. The minimum atomic E-state index is -0.328. The van der Waals surface area contributed by atoms with Crippen LogP contribution >= 0.6 is 22.6 Å². The van der Waals surface area contributed by atoms with E-state index in [1.54, 1.807) is 0 Å². The van der Waals surface area contributed by atoms with E-state index < -0.39 is 0 Å². The fraction of sp³-hybridized carbons (Fsp3) is 0. The van der Waals surface area contributed by atoms with E-state index in [0.29, 0.717) is 9.15 Å². The summed E-state index contributed by atoms with van der Waals surface area (Å²) in [6, 6.07) is 27.7. The van der Waals surface area contributed by atoms with Gasteiger partial charge in [-0.05, 0) is 59.0 Å². The Hall–Kier alpha value is -2.60. The first-order chi connectivity index (χ1) is 12.3. The molecule has 0 spiro atoms. The Kier molecular flexibility index (Phi) is 4.28. The number of halogens is 1. The highest BCUT2D eigenvalue weighted by Gasteiger charge is 2.21. The number of rotatable bonds is 3. The molecule has 1 heterocycles. The maximum atomic E-state index is 12.4. The molecule has 4 aromatic rings. The third-order valence-electron chi connectivity index (χ3n) is 3.98. The van der Waals surface area contributed by atoms with Crippen molar-refractivity contribution in [2.75, 3.05) is 4.90 Å². The van der Waals surface area contributed by atoms with Crippen LogP contribution in [0.5, 0.6) is 0 Å². The molecule has 0 fully saturated rings. The van der Waals surface area contributed by atoms with Gasteiger partial charge in [0, 0.05) is 16.8 Å². The van der Waals surface area contributed by atoms with E-state index in [2.05, 4.69) is 27.5 Å². The van der Waals surface area contributed by atoms with Crippen LogP contribution in [0.15, 0.2) is 94.1 Å². The van der Waals surface area contributed by atoms with Crippen molar-refractivity contribution < 1.29 is 4.42 Å². The van der Waals surface area contributed by atoms with Gasteiger partial charge in [-0.2, -0.15) is 0 Å². The molecule has 0 unspecified atom stereocenters. The van der Waals surface area contributed by atoms with Crippen LogP contribution in [0.2, 0.25) is 0 Å². The van der Waals surface area contributed by atoms with Crippen LogP contribution in [0.3, 0.4) is 0 Å². The van der Waals surface area contributed by atoms with Gasteiger partial charge in [0.2, 0.25) is 0 Å². The van der Waals surface area contributed by atoms with Crippen molar-refractivity contribution in [3.8, 4) is 0 Å². The van der Waals surface area contributed by atoms with Crippen LogP contribution in [0, 0.1) is 3.57 Å². The van der Waals surface area contributed by atoms with Gasteiger partial charge < -0.3 is 9.32 Å². The first-order valence-electron chi connectivity index (χ1n) is 7.87. The molecule has 3 aromatic carbocycles. The molecule has 0 atom stereocenters. The van der Waals surface area contributed by atoms with Gasteiger partial charge in [-0.15, -0.1) is 0 Å². The summed E-state index contributed by atoms with van der Waals surface area (Å²) in [6.45, 7) is 0. The van der Waals surface area contributed by atoms with Gasteiger partial charge in [0.05, 0.1) is 5.69 Å². The van der Waals surface area contributed by atoms with Gasteiger partial charge in [0.25, 0.3) is 0 Å². The second-order valence-corrected chi connectivity index (χ2v) is 6.63. The average molecular weight is 439 g/mol. The Bertz CT molecular complexity index is 1040. The van der Waals surface area contributed by atoms with E-state index >= 15 is 0 Å². The lowest BCUT2D eigenvalue weighted by Gasteiger charge is -2.27.